The molecule has 0 aliphatic carbocycles. The molecule has 1 aliphatic rings. The summed E-state index contributed by atoms with van der Waals surface area (Å²) in [6, 6.07) is 12.7. The lowest BCUT2D eigenvalue weighted by atomic mass is 9.79. The second-order valence-electron chi connectivity index (χ2n) is 8.01. The average Bonchev–Trinajstić information content (AvgIpc) is 3.13. The van der Waals surface area contributed by atoms with Crippen LogP contribution in [0.25, 0.3) is 0 Å². The highest BCUT2D eigenvalue weighted by Crippen LogP contribution is 2.28. The Bertz CT molecular complexity index is 723. The fourth-order valence-electron chi connectivity index (χ4n) is 3.84. The molecule has 3 rings (SSSR count). The van der Waals surface area contributed by atoms with Crippen LogP contribution >= 0.6 is 12.4 Å². The molecule has 27 heavy (non-hydrogen) atoms. The molecule has 2 atom stereocenters. The van der Waals surface area contributed by atoms with Crippen LogP contribution in [-0.2, 0) is 5.41 Å². The summed E-state index contributed by atoms with van der Waals surface area (Å²) in [5, 5.41) is 11.0. The molecule has 2 unspecified atom stereocenters. The van der Waals surface area contributed by atoms with E-state index < -0.39 is 0 Å². The largest absolute Gasteiger partial charge is 0.348 e. The van der Waals surface area contributed by atoms with Crippen molar-refractivity contribution in [1.82, 2.24) is 20.4 Å². The summed E-state index contributed by atoms with van der Waals surface area (Å²) in [5.41, 5.74) is 1.79. The van der Waals surface area contributed by atoms with E-state index in [2.05, 4.69) is 60.8 Å². The third-order valence-corrected chi connectivity index (χ3v) is 5.24. The minimum absolute atomic E-state index is 0. The van der Waals surface area contributed by atoms with Gasteiger partial charge in [0.2, 0.25) is 0 Å². The summed E-state index contributed by atoms with van der Waals surface area (Å²) in [6.07, 6.45) is 5.05. The van der Waals surface area contributed by atoms with Gasteiger partial charge < -0.3 is 10.6 Å². The van der Waals surface area contributed by atoms with E-state index in [-0.39, 0.29) is 29.8 Å². The number of nitrogens with one attached hydrogen (secondary N) is 2. The predicted octanol–water partition coefficient (Wildman–Crippen LogP) is 3.72. The van der Waals surface area contributed by atoms with Crippen LogP contribution in [0.4, 0.5) is 0 Å². The Morgan fingerprint density at radius 3 is 2.74 bits per heavy atom. The zero-order valence-corrected chi connectivity index (χ0v) is 17.3. The number of carbonyl (C=O) groups is 1. The second kappa shape index (κ2) is 9.38. The zero-order valence-electron chi connectivity index (χ0n) is 16.4. The van der Waals surface area contributed by atoms with Crippen LogP contribution in [0.5, 0.6) is 0 Å². The van der Waals surface area contributed by atoms with Gasteiger partial charge in [-0.15, -0.1) is 12.4 Å². The standard InChI is InChI=1S/C21H30N4O.ClH/c1-16(14-21(2,3)17-8-5-4-6-9-17)23-20(26)19-11-13-25(24-19)18-10-7-12-22-15-18;/h4-6,8-9,11,13,16,18,22H,7,10,12,14-15H2,1-3H3,(H,23,26);1H. The Labute approximate surface area is 168 Å². The summed E-state index contributed by atoms with van der Waals surface area (Å²) in [4.78, 5) is 12.6. The molecule has 6 heteroatoms. The van der Waals surface area contributed by atoms with Crippen molar-refractivity contribution < 1.29 is 4.79 Å². The Balaban J connectivity index is 0.00000261. The van der Waals surface area contributed by atoms with Gasteiger partial charge in [0.05, 0.1) is 6.04 Å². The van der Waals surface area contributed by atoms with Crippen LogP contribution < -0.4 is 10.6 Å². The molecule has 2 heterocycles. The number of benzene rings is 1. The van der Waals surface area contributed by atoms with Gasteiger partial charge in [0.15, 0.2) is 0 Å². The van der Waals surface area contributed by atoms with E-state index >= 15 is 0 Å². The van der Waals surface area contributed by atoms with Gasteiger partial charge in [0.1, 0.15) is 5.69 Å². The summed E-state index contributed by atoms with van der Waals surface area (Å²) in [6.45, 7) is 8.49. The van der Waals surface area contributed by atoms with Crippen molar-refractivity contribution in [3.05, 3.63) is 53.9 Å². The second-order valence-corrected chi connectivity index (χ2v) is 8.01. The summed E-state index contributed by atoms with van der Waals surface area (Å²) < 4.78 is 1.93. The number of aromatic nitrogens is 2. The van der Waals surface area contributed by atoms with E-state index in [0.717, 1.165) is 32.4 Å². The molecule has 0 radical (unpaired) electrons. The fourth-order valence-corrected chi connectivity index (χ4v) is 3.84. The van der Waals surface area contributed by atoms with Gasteiger partial charge in [-0.05, 0) is 49.8 Å². The van der Waals surface area contributed by atoms with E-state index in [1.165, 1.54) is 5.56 Å². The summed E-state index contributed by atoms with van der Waals surface area (Å²) >= 11 is 0. The smallest absolute Gasteiger partial charge is 0.271 e. The fraction of sp³-hybridized carbons (Fsp3) is 0.524. The average molecular weight is 391 g/mol. The molecule has 0 bridgehead atoms. The monoisotopic (exact) mass is 390 g/mol. The van der Waals surface area contributed by atoms with Crippen molar-refractivity contribution in [2.24, 2.45) is 0 Å². The third kappa shape index (κ3) is 5.56. The molecule has 1 fully saturated rings. The van der Waals surface area contributed by atoms with Crippen LogP contribution in [0.1, 0.15) is 62.1 Å². The molecule has 2 N–H and O–H groups in total. The molecule has 1 amide bonds. The van der Waals surface area contributed by atoms with Crippen LogP contribution in [0.15, 0.2) is 42.6 Å². The number of rotatable bonds is 6. The zero-order chi connectivity index (χ0) is 18.6. The van der Waals surface area contributed by atoms with Crippen LogP contribution in [-0.4, -0.2) is 34.8 Å². The Morgan fingerprint density at radius 2 is 2.07 bits per heavy atom. The Kier molecular flexibility index (Phi) is 7.45. The Morgan fingerprint density at radius 1 is 1.33 bits per heavy atom. The number of amides is 1. The van der Waals surface area contributed by atoms with Gasteiger partial charge in [-0.25, -0.2) is 0 Å². The van der Waals surface area contributed by atoms with Crippen LogP contribution in [0.2, 0.25) is 0 Å². The molecule has 1 saturated heterocycles. The topological polar surface area (TPSA) is 59.0 Å². The van der Waals surface area contributed by atoms with Gasteiger partial charge in [0.25, 0.3) is 5.91 Å². The number of hydrogen-bond donors (Lipinski definition) is 2. The minimum Gasteiger partial charge on any atom is -0.348 e. The SMILES string of the molecule is CC(CC(C)(C)c1ccccc1)NC(=O)c1ccn(C2CCCNC2)n1.Cl. The maximum absolute atomic E-state index is 12.6. The van der Waals surface area contributed by atoms with Crippen molar-refractivity contribution in [3.63, 3.8) is 0 Å². The van der Waals surface area contributed by atoms with E-state index in [9.17, 15) is 4.79 Å². The maximum Gasteiger partial charge on any atom is 0.271 e. The molecule has 0 saturated carbocycles. The van der Waals surface area contributed by atoms with Crippen molar-refractivity contribution in [2.75, 3.05) is 13.1 Å². The first-order chi connectivity index (χ1) is 12.5. The quantitative estimate of drug-likeness (QED) is 0.790. The van der Waals surface area contributed by atoms with Crippen molar-refractivity contribution in [1.29, 1.82) is 0 Å². The first-order valence-electron chi connectivity index (χ1n) is 9.58. The molecule has 1 aromatic heterocycles. The normalized spacial score (nSPS) is 18.4. The molecule has 5 nitrogen and oxygen atoms in total. The van der Waals surface area contributed by atoms with Gasteiger partial charge in [-0.3, -0.25) is 9.48 Å². The summed E-state index contributed by atoms with van der Waals surface area (Å²) in [7, 11) is 0. The number of piperidine rings is 1. The van der Waals surface area contributed by atoms with E-state index in [4.69, 9.17) is 0 Å². The van der Waals surface area contributed by atoms with Crippen molar-refractivity contribution >= 4 is 18.3 Å². The first kappa shape index (κ1) is 21.5. The lowest BCUT2D eigenvalue weighted by molar-refractivity contribution is 0.0928. The number of nitrogens with zero attached hydrogens (tertiary/aromatic N) is 2. The van der Waals surface area contributed by atoms with Crippen molar-refractivity contribution in [3.8, 4) is 0 Å². The van der Waals surface area contributed by atoms with E-state index in [1.54, 1.807) is 0 Å². The maximum atomic E-state index is 12.6. The number of carbonyl (C=O) groups excluding carboxylic acids is 1. The molecule has 2 aromatic rings. The van der Waals surface area contributed by atoms with Gasteiger partial charge >= 0.3 is 0 Å². The number of halogens is 1. The Hall–Kier alpha value is -1.85. The highest BCUT2D eigenvalue weighted by atomic mass is 35.5. The number of hydrogen-bond acceptors (Lipinski definition) is 3. The van der Waals surface area contributed by atoms with E-state index in [0.29, 0.717) is 11.7 Å². The molecular weight excluding hydrogens is 360 g/mol. The first-order valence-corrected chi connectivity index (χ1v) is 9.58. The predicted molar refractivity (Wildman–Crippen MR) is 112 cm³/mol. The molecule has 148 valence electrons. The highest BCUT2D eigenvalue weighted by Gasteiger charge is 2.25. The van der Waals surface area contributed by atoms with E-state index in [1.807, 2.05) is 23.0 Å². The van der Waals surface area contributed by atoms with Crippen LogP contribution in [0.3, 0.4) is 0 Å². The van der Waals surface area contributed by atoms with Gasteiger partial charge in [0, 0.05) is 18.8 Å². The lowest BCUT2D eigenvalue weighted by Crippen LogP contribution is -2.37. The minimum atomic E-state index is -0.0936. The molecule has 1 aliphatic heterocycles. The highest BCUT2D eigenvalue weighted by molar-refractivity contribution is 5.92. The third-order valence-electron chi connectivity index (χ3n) is 5.24. The molecule has 0 spiro atoms. The summed E-state index contributed by atoms with van der Waals surface area (Å²) in [5.74, 6) is -0.0936. The van der Waals surface area contributed by atoms with Crippen molar-refractivity contribution in [2.45, 2.75) is 57.5 Å². The van der Waals surface area contributed by atoms with Gasteiger partial charge in [-0.1, -0.05) is 44.2 Å². The molecule has 1 aromatic carbocycles. The molecular formula is C21H31ClN4O. The van der Waals surface area contributed by atoms with Gasteiger partial charge in [-0.2, -0.15) is 5.10 Å². The van der Waals surface area contributed by atoms with Crippen LogP contribution in [0, 0.1) is 0 Å². The lowest BCUT2D eigenvalue weighted by Gasteiger charge is -2.29.